The Balaban J connectivity index is 1.56. The first kappa shape index (κ1) is 18.4. The summed E-state index contributed by atoms with van der Waals surface area (Å²) in [5.41, 5.74) is 3.01. The topological polar surface area (TPSA) is 73.0 Å². The van der Waals surface area contributed by atoms with Crippen LogP contribution in [0.4, 0.5) is 0 Å². The Labute approximate surface area is 163 Å². The van der Waals surface area contributed by atoms with Crippen molar-refractivity contribution in [1.29, 1.82) is 0 Å². The Morgan fingerprint density at radius 2 is 2.07 bits per heavy atom. The van der Waals surface area contributed by atoms with Gasteiger partial charge in [-0.1, -0.05) is 31.2 Å². The van der Waals surface area contributed by atoms with Gasteiger partial charge in [0.2, 0.25) is 5.91 Å². The average molecular weight is 379 g/mol. The fraction of sp³-hybridized carbons (Fsp3) is 0.429. The molecule has 4 rings (SSSR count). The second kappa shape index (κ2) is 7.58. The molecule has 7 nitrogen and oxygen atoms in total. The fourth-order valence-corrected chi connectivity index (χ4v) is 4.11. The third-order valence-corrected chi connectivity index (χ3v) is 5.57. The molecule has 2 aromatic heterocycles. The van der Waals surface area contributed by atoms with Gasteiger partial charge in [0.25, 0.3) is 5.56 Å². The van der Waals surface area contributed by atoms with E-state index in [1.54, 1.807) is 11.7 Å². The zero-order chi connectivity index (χ0) is 19.7. The Morgan fingerprint density at radius 3 is 2.86 bits per heavy atom. The van der Waals surface area contributed by atoms with Crippen molar-refractivity contribution < 1.29 is 4.79 Å². The lowest BCUT2D eigenvalue weighted by molar-refractivity contribution is -0.134. The van der Waals surface area contributed by atoms with Gasteiger partial charge in [0.1, 0.15) is 18.3 Å². The van der Waals surface area contributed by atoms with E-state index < -0.39 is 0 Å². The number of hydrogen-bond acceptors (Lipinski definition) is 4. The average Bonchev–Trinajstić information content (AvgIpc) is 3.09. The normalized spacial score (nSPS) is 16.1. The first-order valence-electron chi connectivity index (χ1n) is 9.82. The molecule has 146 valence electrons. The second-order valence-electron chi connectivity index (χ2n) is 7.44. The van der Waals surface area contributed by atoms with E-state index in [1.807, 2.05) is 4.90 Å². The first-order valence-corrected chi connectivity index (χ1v) is 9.82. The predicted octanol–water partition coefficient (Wildman–Crippen LogP) is 1.93. The van der Waals surface area contributed by atoms with Crippen LogP contribution in [0.3, 0.4) is 0 Å². The summed E-state index contributed by atoms with van der Waals surface area (Å²) in [5.74, 6) is -0.0293. The number of rotatable bonds is 5. The van der Waals surface area contributed by atoms with E-state index in [0.29, 0.717) is 17.6 Å². The summed E-state index contributed by atoms with van der Waals surface area (Å²) in [6.07, 6.45) is 6.66. The highest BCUT2D eigenvalue weighted by molar-refractivity contribution is 5.77. The quantitative estimate of drug-likeness (QED) is 0.679. The van der Waals surface area contributed by atoms with Crippen LogP contribution in [0, 0.1) is 0 Å². The number of carbonyl (C=O) groups is 1. The molecule has 2 heterocycles. The summed E-state index contributed by atoms with van der Waals surface area (Å²) < 4.78 is 2.96. The summed E-state index contributed by atoms with van der Waals surface area (Å²) >= 11 is 0. The van der Waals surface area contributed by atoms with E-state index >= 15 is 0 Å². The van der Waals surface area contributed by atoms with Crippen LogP contribution in [0.1, 0.15) is 30.9 Å². The number of amides is 1. The van der Waals surface area contributed by atoms with E-state index in [1.165, 1.54) is 28.2 Å². The smallest absolute Gasteiger partial charge is 0.264 e. The molecule has 1 aliphatic carbocycles. The van der Waals surface area contributed by atoms with E-state index in [-0.39, 0.29) is 24.1 Å². The highest BCUT2D eigenvalue weighted by atomic mass is 16.2. The van der Waals surface area contributed by atoms with E-state index in [9.17, 15) is 9.59 Å². The maximum atomic E-state index is 13.1. The molecule has 28 heavy (non-hydrogen) atoms. The minimum absolute atomic E-state index is 0.00874. The van der Waals surface area contributed by atoms with Crippen LogP contribution < -0.4 is 5.56 Å². The van der Waals surface area contributed by atoms with Crippen molar-refractivity contribution >= 4 is 16.9 Å². The van der Waals surface area contributed by atoms with Crippen molar-refractivity contribution in [2.24, 2.45) is 7.05 Å². The van der Waals surface area contributed by atoms with Gasteiger partial charge in [0, 0.05) is 19.6 Å². The van der Waals surface area contributed by atoms with Gasteiger partial charge in [0.05, 0.1) is 6.20 Å². The Morgan fingerprint density at radius 1 is 1.29 bits per heavy atom. The van der Waals surface area contributed by atoms with Crippen molar-refractivity contribution in [3.8, 4) is 0 Å². The molecule has 0 spiro atoms. The van der Waals surface area contributed by atoms with Crippen molar-refractivity contribution in [1.82, 2.24) is 24.2 Å². The van der Waals surface area contributed by atoms with E-state index in [2.05, 4.69) is 41.3 Å². The molecule has 3 aromatic rings. The molecule has 1 aromatic carbocycles. The Bertz CT molecular complexity index is 1070. The SMILES string of the molecule is CCCN(C(=O)Cn1cnc2c(cnn2C)c1=O)C1CCc2ccccc2C1. The van der Waals surface area contributed by atoms with Gasteiger partial charge in [-0.25, -0.2) is 4.98 Å². The lowest BCUT2D eigenvalue weighted by atomic mass is 9.87. The number of aryl methyl sites for hydroxylation is 2. The first-order chi connectivity index (χ1) is 13.6. The number of fused-ring (bicyclic) bond motifs is 2. The molecule has 0 aliphatic heterocycles. The zero-order valence-corrected chi connectivity index (χ0v) is 16.3. The van der Waals surface area contributed by atoms with Crippen LogP contribution in [-0.2, 0) is 31.2 Å². The van der Waals surface area contributed by atoms with Gasteiger partial charge in [-0.3, -0.25) is 18.8 Å². The summed E-state index contributed by atoms with van der Waals surface area (Å²) in [6.45, 7) is 2.78. The zero-order valence-electron chi connectivity index (χ0n) is 16.3. The highest BCUT2D eigenvalue weighted by Crippen LogP contribution is 2.25. The lowest BCUT2D eigenvalue weighted by Gasteiger charge is -2.35. The Kier molecular flexibility index (Phi) is 4.98. The van der Waals surface area contributed by atoms with Crippen LogP contribution >= 0.6 is 0 Å². The van der Waals surface area contributed by atoms with Crippen LogP contribution in [0.2, 0.25) is 0 Å². The summed E-state index contributed by atoms with van der Waals surface area (Å²) in [7, 11) is 1.74. The van der Waals surface area contributed by atoms with Crippen LogP contribution in [0.25, 0.3) is 11.0 Å². The maximum absolute atomic E-state index is 13.1. The van der Waals surface area contributed by atoms with Gasteiger partial charge < -0.3 is 4.90 Å². The van der Waals surface area contributed by atoms with Gasteiger partial charge >= 0.3 is 0 Å². The van der Waals surface area contributed by atoms with Crippen LogP contribution in [0.15, 0.2) is 41.6 Å². The second-order valence-corrected chi connectivity index (χ2v) is 7.44. The predicted molar refractivity (Wildman–Crippen MR) is 107 cm³/mol. The molecule has 0 radical (unpaired) electrons. The lowest BCUT2D eigenvalue weighted by Crippen LogP contribution is -2.46. The summed E-state index contributed by atoms with van der Waals surface area (Å²) in [5, 5.41) is 4.52. The number of carbonyl (C=O) groups excluding carboxylic acids is 1. The van der Waals surface area contributed by atoms with E-state index in [4.69, 9.17) is 0 Å². The molecule has 1 aliphatic rings. The summed E-state index contributed by atoms with van der Waals surface area (Å²) in [4.78, 5) is 32.1. The van der Waals surface area contributed by atoms with E-state index in [0.717, 1.165) is 25.7 Å². The van der Waals surface area contributed by atoms with Crippen LogP contribution in [0.5, 0.6) is 0 Å². The molecular formula is C21H25N5O2. The molecule has 1 unspecified atom stereocenters. The van der Waals surface area contributed by atoms with Crippen molar-refractivity contribution in [2.75, 3.05) is 6.54 Å². The Hall–Kier alpha value is -2.96. The molecular weight excluding hydrogens is 354 g/mol. The van der Waals surface area contributed by atoms with Crippen molar-refractivity contribution in [2.45, 2.75) is 45.2 Å². The standard InChI is InChI=1S/C21H25N5O2/c1-3-10-26(17-9-8-15-6-4-5-7-16(15)11-17)19(27)13-25-14-22-20-18(21(25)28)12-23-24(20)2/h4-7,12,14,17H,3,8-11,13H2,1-2H3. The molecule has 0 saturated carbocycles. The number of nitrogens with zero attached hydrogens (tertiary/aromatic N) is 5. The third kappa shape index (κ3) is 3.32. The minimum Gasteiger partial charge on any atom is -0.338 e. The maximum Gasteiger partial charge on any atom is 0.264 e. The molecule has 1 atom stereocenters. The number of benzene rings is 1. The molecule has 0 bridgehead atoms. The molecule has 1 amide bonds. The third-order valence-electron chi connectivity index (χ3n) is 5.57. The largest absolute Gasteiger partial charge is 0.338 e. The van der Waals surface area contributed by atoms with Gasteiger partial charge in [-0.15, -0.1) is 0 Å². The highest BCUT2D eigenvalue weighted by Gasteiger charge is 2.27. The fourth-order valence-electron chi connectivity index (χ4n) is 4.11. The molecule has 0 N–H and O–H groups in total. The molecule has 0 fully saturated rings. The number of aromatic nitrogens is 4. The van der Waals surface area contributed by atoms with Crippen molar-refractivity contribution in [3.63, 3.8) is 0 Å². The van der Waals surface area contributed by atoms with Gasteiger partial charge in [-0.2, -0.15) is 5.10 Å². The monoisotopic (exact) mass is 379 g/mol. The van der Waals surface area contributed by atoms with Crippen molar-refractivity contribution in [3.05, 3.63) is 58.3 Å². The van der Waals surface area contributed by atoms with Gasteiger partial charge in [0.15, 0.2) is 5.65 Å². The number of hydrogen-bond donors (Lipinski definition) is 0. The minimum atomic E-state index is -0.225. The summed E-state index contributed by atoms with van der Waals surface area (Å²) in [6, 6.07) is 8.63. The molecule has 7 heteroatoms. The molecule has 0 saturated heterocycles. The van der Waals surface area contributed by atoms with Crippen LogP contribution in [-0.4, -0.2) is 42.7 Å². The van der Waals surface area contributed by atoms with Gasteiger partial charge in [-0.05, 0) is 36.8 Å².